The van der Waals surface area contributed by atoms with Gasteiger partial charge in [0.1, 0.15) is 6.04 Å². The topological polar surface area (TPSA) is 78.5 Å². The molecule has 1 fully saturated rings. The number of hydrogen-bond donors (Lipinski definition) is 2. The number of benzene rings is 1. The van der Waals surface area contributed by atoms with Gasteiger partial charge in [0.15, 0.2) is 0 Å². The zero-order valence-corrected chi connectivity index (χ0v) is 12.7. The van der Waals surface area contributed by atoms with Gasteiger partial charge in [0, 0.05) is 35.8 Å². The molecule has 0 aromatic heterocycles. The Labute approximate surface area is 128 Å². The lowest BCUT2D eigenvalue weighted by molar-refractivity contribution is -0.136. The predicted octanol–water partition coefficient (Wildman–Crippen LogP) is 1.27. The van der Waals surface area contributed by atoms with Gasteiger partial charge in [-0.25, -0.2) is 0 Å². The molecule has 2 aliphatic heterocycles. The molecule has 6 nitrogen and oxygen atoms in total. The van der Waals surface area contributed by atoms with Crippen molar-refractivity contribution in [2.45, 2.75) is 45.3 Å². The second-order valence-electron chi connectivity index (χ2n) is 6.03. The molecule has 6 heteroatoms. The van der Waals surface area contributed by atoms with E-state index in [0.717, 1.165) is 11.3 Å². The molecule has 3 amide bonds. The summed E-state index contributed by atoms with van der Waals surface area (Å²) in [5, 5.41) is 5.65. The fourth-order valence-corrected chi connectivity index (χ4v) is 3.03. The van der Waals surface area contributed by atoms with Crippen molar-refractivity contribution in [3.63, 3.8) is 0 Å². The number of hydrogen-bond acceptors (Lipinski definition) is 4. The van der Waals surface area contributed by atoms with Gasteiger partial charge in [-0.05, 0) is 32.4 Å². The van der Waals surface area contributed by atoms with Crippen LogP contribution in [0.5, 0.6) is 0 Å². The zero-order chi connectivity index (χ0) is 15.9. The summed E-state index contributed by atoms with van der Waals surface area (Å²) in [5.74, 6) is -0.791. The summed E-state index contributed by atoms with van der Waals surface area (Å²) in [7, 11) is 0. The predicted molar refractivity (Wildman–Crippen MR) is 81.2 cm³/mol. The van der Waals surface area contributed by atoms with E-state index >= 15 is 0 Å². The van der Waals surface area contributed by atoms with Gasteiger partial charge < -0.3 is 10.2 Å². The fourth-order valence-electron chi connectivity index (χ4n) is 3.03. The van der Waals surface area contributed by atoms with Gasteiger partial charge in [0.05, 0.1) is 0 Å². The van der Waals surface area contributed by atoms with Crippen molar-refractivity contribution in [1.82, 2.24) is 10.2 Å². The standard InChI is InChI=1S/C16H19N3O3/c1-9(2)17-12-5-3-4-10-11(12)8-19(16(10)22)13-6-7-14(20)18-15(13)21/h3-5,9,13,17H,6-8H2,1-2H3,(H,18,20,21)/t13-/m1/s1. The van der Waals surface area contributed by atoms with Crippen LogP contribution in [-0.4, -0.2) is 34.7 Å². The lowest BCUT2D eigenvalue weighted by Crippen LogP contribution is -2.52. The number of rotatable bonds is 3. The van der Waals surface area contributed by atoms with E-state index in [9.17, 15) is 14.4 Å². The number of piperidine rings is 1. The number of amides is 3. The molecule has 1 aromatic rings. The smallest absolute Gasteiger partial charge is 0.255 e. The molecule has 0 bridgehead atoms. The first-order valence-corrected chi connectivity index (χ1v) is 7.50. The number of nitrogens with one attached hydrogen (secondary N) is 2. The van der Waals surface area contributed by atoms with Gasteiger partial charge >= 0.3 is 0 Å². The molecule has 2 aliphatic rings. The molecule has 22 heavy (non-hydrogen) atoms. The molecule has 0 aliphatic carbocycles. The number of imide groups is 1. The van der Waals surface area contributed by atoms with Crippen molar-refractivity contribution in [1.29, 1.82) is 0 Å². The molecule has 1 saturated heterocycles. The van der Waals surface area contributed by atoms with E-state index in [1.807, 2.05) is 26.0 Å². The van der Waals surface area contributed by atoms with Crippen LogP contribution in [0.2, 0.25) is 0 Å². The lowest BCUT2D eigenvalue weighted by Gasteiger charge is -2.29. The van der Waals surface area contributed by atoms with Crippen molar-refractivity contribution in [2.75, 3.05) is 5.32 Å². The molecule has 1 atom stereocenters. The van der Waals surface area contributed by atoms with Gasteiger partial charge in [0.2, 0.25) is 11.8 Å². The van der Waals surface area contributed by atoms with Crippen molar-refractivity contribution in [3.8, 4) is 0 Å². The minimum Gasteiger partial charge on any atom is -0.383 e. The van der Waals surface area contributed by atoms with Crippen LogP contribution < -0.4 is 10.6 Å². The largest absolute Gasteiger partial charge is 0.383 e. The van der Waals surface area contributed by atoms with E-state index in [-0.39, 0.29) is 30.2 Å². The second kappa shape index (κ2) is 5.44. The third-order valence-electron chi connectivity index (χ3n) is 4.03. The Morgan fingerprint density at radius 2 is 2.05 bits per heavy atom. The Morgan fingerprint density at radius 3 is 2.73 bits per heavy atom. The van der Waals surface area contributed by atoms with Crippen LogP contribution in [0.3, 0.4) is 0 Å². The highest BCUT2D eigenvalue weighted by molar-refractivity contribution is 6.06. The van der Waals surface area contributed by atoms with Gasteiger partial charge in [0.25, 0.3) is 5.91 Å². The number of carbonyl (C=O) groups is 3. The molecule has 0 saturated carbocycles. The highest BCUT2D eigenvalue weighted by atomic mass is 16.2. The fraction of sp³-hybridized carbons (Fsp3) is 0.438. The maximum absolute atomic E-state index is 12.6. The van der Waals surface area contributed by atoms with Crippen molar-refractivity contribution < 1.29 is 14.4 Å². The summed E-state index contributed by atoms with van der Waals surface area (Å²) in [6, 6.07) is 5.26. The van der Waals surface area contributed by atoms with Crippen molar-refractivity contribution in [2.24, 2.45) is 0 Å². The number of carbonyl (C=O) groups excluding carboxylic acids is 3. The van der Waals surface area contributed by atoms with Crippen LogP contribution >= 0.6 is 0 Å². The van der Waals surface area contributed by atoms with E-state index in [0.29, 0.717) is 18.5 Å². The van der Waals surface area contributed by atoms with E-state index in [1.165, 1.54) is 0 Å². The first kappa shape index (κ1) is 14.6. The number of fused-ring (bicyclic) bond motifs is 1. The Kier molecular flexibility index (Phi) is 3.60. The van der Waals surface area contributed by atoms with Gasteiger partial charge in [-0.1, -0.05) is 6.07 Å². The first-order chi connectivity index (χ1) is 10.5. The molecule has 0 unspecified atom stereocenters. The summed E-state index contributed by atoms with van der Waals surface area (Å²) in [6.07, 6.45) is 0.658. The van der Waals surface area contributed by atoms with Crippen LogP contribution in [0.1, 0.15) is 42.6 Å². The molecular weight excluding hydrogens is 282 g/mol. The molecule has 2 N–H and O–H groups in total. The summed E-state index contributed by atoms with van der Waals surface area (Å²) < 4.78 is 0. The van der Waals surface area contributed by atoms with Gasteiger partial charge in [-0.15, -0.1) is 0 Å². The van der Waals surface area contributed by atoms with Crippen molar-refractivity contribution >= 4 is 23.4 Å². The first-order valence-electron chi connectivity index (χ1n) is 7.50. The Morgan fingerprint density at radius 1 is 1.27 bits per heavy atom. The quantitative estimate of drug-likeness (QED) is 0.824. The van der Waals surface area contributed by atoms with Crippen LogP contribution in [-0.2, 0) is 16.1 Å². The van der Waals surface area contributed by atoms with Crippen LogP contribution in [0.15, 0.2) is 18.2 Å². The molecular formula is C16H19N3O3. The Balaban J connectivity index is 1.88. The van der Waals surface area contributed by atoms with Crippen LogP contribution in [0.4, 0.5) is 5.69 Å². The molecule has 116 valence electrons. The van der Waals surface area contributed by atoms with E-state index < -0.39 is 6.04 Å². The Hall–Kier alpha value is -2.37. The normalized spacial score (nSPS) is 21.1. The summed E-state index contributed by atoms with van der Waals surface area (Å²) in [5.41, 5.74) is 2.48. The number of nitrogens with zero attached hydrogens (tertiary/aromatic N) is 1. The van der Waals surface area contributed by atoms with Crippen LogP contribution in [0.25, 0.3) is 0 Å². The molecule has 0 spiro atoms. The SMILES string of the molecule is CC(C)Nc1cccc2c1CN([C@@H]1CCC(=O)NC1=O)C2=O. The molecule has 0 radical (unpaired) electrons. The molecule has 3 rings (SSSR count). The van der Waals surface area contributed by atoms with E-state index in [4.69, 9.17) is 0 Å². The second-order valence-corrected chi connectivity index (χ2v) is 6.03. The van der Waals surface area contributed by atoms with Crippen LogP contribution in [0, 0.1) is 0 Å². The van der Waals surface area contributed by atoms with Crippen molar-refractivity contribution in [3.05, 3.63) is 29.3 Å². The number of anilines is 1. The highest BCUT2D eigenvalue weighted by Gasteiger charge is 2.39. The maximum atomic E-state index is 12.6. The minimum atomic E-state index is -0.565. The Bertz CT molecular complexity index is 654. The lowest BCUT2D eigenvalue weighted by atomic mass is 10.0. The monoisotopic (exact) mass is 301 g/mol. The molecule has 2 heterocycles. The van der Waals surface area contributed by atoms with E-state index in [1.54, 1.807) is 11.0 Å². The van der Waals surface area contributed by atoms with Gasteiger partial charge in [-0.3, -0.25) is 19.7 Å². The summed E-state index contributed by atoms with van der Waals surface area (Å²) >= 11 is 0. The summed E-state index contributed by atoms with van der Waals surface area (Å²) in [4.78, 5) is 37.4. The average Bonchev–Trinajstić information content (AvgIpc) is 2.77. The van der Waals surface area contributed by atoms with Gasteiger partial charge in [-0.2, -0.15) is 0 Å². The average molecular weight is 301 g/mol. The van der Waals surface area contributed by atoms with E-state index in [2.05, 4.69) is 10.6 Å². The molecule has 1 aromatic carbocycles. The summed E-state index contributed by atoms with van der Waals surface area (Å²) in [6.45, 7) is 4.47. The minimum absolute atomic E-state index is 0.142. The zero-order valence-electron chi connectivity index (χ0n) is 12.7. The third-order valence-corrected chi connectivity index (χ3v) is 4.03. The highest BCUT2D eigenvalue weighted by Crippen LogP contribution is 2.32. The maximum Gasteiger partial charge on any atom is 0.255 e. The third kappa shape index (κ3) is 2.45.